The van der Waals surface area contributed by atoms with Crippen molar-refractivity contribution in [3.63, 3.8) is 0 Å². The van der Waals surface area contributed by atoms with Crippen LogP contribution in [0.5, 0.6) is 11.5 Å². The summed E-state index contributed by atoms with van der Waals surface area (Å²) in [5, 5.41) is 5.55. The Morgan fingerprint density at radius 3 is 2.33 bits per heavy atom. The Labute approximate surface area is 226 Å². The Balaban J connectivity index is 1.29. The standard InChI is InChI=1S/C29H38F4N2O4/c1-16-4-8-19(9-5-16)39-23-13-20(22(38-2)14-21(23)30)26(36)35-25-18-7-6-17(12-18)24(25)27(37)34-15-28(10-3-11-28)29(31,32)33/h13-14,16-19,24-25H,3-12,15H2,1-2H3,(H,34,37)(H,35,36)/t16?,17-,18+,19?,24+,25-/m1/s1. The first-order valence-corrected chi connectivity index (χ1v) is 14.2. The number of hydrogen-bond acceptors (Lipinski definition) is 4. The molecular weight excluding hydrogens is 516 g/mol. The maximum Gasteiger partial charge on any atom is 0.396 e. The third-order valence-corrected chi connectivity index (χ3v) is 9.79. The summed E-state index contributed by atoms with van der Waals surface area (Å²) >= 11 is 0. The zero-order valence-electron chi connectivity index (χ0n) is 22.5. The lowest BCUT2D eigenvalue weighted by Gasteiger charge is -2.43. The maximum absolute atomic E-state index is 14.8. The van der Waals surface area contributed by atoms with Crippen LogP contribution in [-0.4, -0.2) is 43.8 Å². The van der Waals surface area contributed by atoms with Gasteiger partial charge < -0.3 is 20.1 Å². The van der Waals surface area contributed by atoms with E-state index in [4.69, 9.17) is 9.47 Å². The van der Waals surface area contributed by atoms with Gasteiger partial charge in [0.15, 0.2) is 11.6 Å². The molecule has 2 bridgehead atoms. The molecule has 0 saturated heterocycles. The van der Waals surface area contributed by atoms with Crippen molar-refractivity contribution in [2.75, 3.05) is 13.7 Å². The second kappa shape index (κ2) is 10.8. The van der Waals surface area contributed by atoms with E-state index in [9.17, 15) is 27.2 Å². The van der Waals surface area contributed by atoms with Gasteiger partial charge in [-0.1, -0.05) is 13.3 Å². The Kier molecular flexibility index (Phi) is 7.76. The SMILES string of the molecule is COc1cc(F)c(OC2CCC(C)CC2)cc1C(=O)N[C@@H]1[C@H]2CC[C@H](C2)[C@@H]1C(=O)NCC1(C(F)(F)F)CCC1. The van der Waals surface area contributed by atoms with Crippen molar-refractivity contribution >= 4 is 11.8 Å². The molecule has 0 aliphatic heterocycles. The molecule has 4 aliphatic rings. The first kappa shape index (κ1) is 28.0. The molecule has 10 heteroatoms. The summed E-state index contributed by atoms with van der Waals surface area (Å²) in [6, 6.07) is 1.97. The van der Waals surface area contributed by atoms with Gasteiger partial charge in [-0.2, -0.15) is 13.2 Å². The number of methoxy groups -OCH3 is 1. The quantitative estimate of drug-likeness (QED) is 0.399. The molecule has 2 N–H and O–H groups in total. The Bertz CT molecular complexity index is 1080. The molecule has 2 amide bonds. The van der Waals surface area contributed by atoms with Crippen LogP contribution in [0.2, 0.25) is 0 Å². The third-order valence-electron chi connectivity index (χ3n) is 9.79. The molecule has 0 unspecified atom stereocenters. The van der Waals surface area contributed by atoms with Crippen LogP contribution >= 0.6 is 0 Å². The lowest BCUT2D eigenvalue weighted by molar-refractivity contribution is -0.248. The summed E-state index contributed by atoms with van der Waals surface area (Å²) in [4.78, 5) is 26.7. The molecule has 5 rings (SSSR count). The lowest BCUT2D eigenvalue weighted by Crippen LogP contribution is -2.55. The molecule has 4 aliphatic carbocycles. The normalized spacial score (nSPS) is 31.3. The molecule has 0 aromatic heterocycles. The number of carbonyl (C=O) groups excluding carboxylic acids is 2. The van der Waals surface area contributed by atoms with Crippen LogP contribution in [-0.2, 0) is 4.79 Å². The largest absolute Gasteiger partial charge is 0.496 e. The fourth-order valence-electron chi connectivity index (χ4n) is 7.14. The summed E-state index contributed by atoms with van der Waals surface area (Å²) in [6.45, 7) is 1.74. The number of amides is 2. The van der Waals surface area contributed by atoms with Gasteiger partial charge >= 0.3 is 6.18 Å². The van der Waals surface area contributed by atoms with Crippen molar-refractivity contribution in [2.24, 2.45) is 29.1 Å². The highest BCUT2D eigenvalue weighted by Gasteiger charge is 2.59. The number of ether oxygens (including phenoxy) is 2. The van der Waals surface area contributed by atoms with Gasteiger partial charge in [-0.15, -0.1) is 0 Å². The van der Waals surface area contributed by atoms with Gasteiger partial charge in [-0.3, -0.25) is 9.59 Å². The second-order valence-corrected chi connectivity index (χ2v) is 12.2. The van der Waals surface area contributed by atoms with Crippen LogP contribution in [0.15, 0.2) is 12.1 Å². The Morgan fingerprint density at radius 2 is 1.72 bits per heavy atom. The molecule has 4 saturated carbocycles. The van der Waals surface area contributed by atoms with Crippen molar-refractivity contribution in [3.05, 3.63) is 23.5 Å². The monoisotopic (exact) mass is 554 g/mol. The zero-order chi connectivity index (χ0) is 27.9. The summed E-state index contributed by atoms with van der Waals surface area (Å²) in [5.41, 5.74) is -1.75. The van der Waals surface area contributed by atoms with Crippen molar-refractivity contribution < 1.29 is 36.6 Å². The number of rotatable bonds is 8. The molecule has 1 aromatic rings. The van der Waals surface area contributed by atoms with E-state index in [2.05, 4.69) is 17.6 Å². The topological polar surface area (TPSA) is 76.7 Å². The van der Waals surface area contributed by atoms with Gasteiger partial charge in [-0.05, 0) is 81.6 Å². The number of carbonyl (C=O) groups is 2. The summed E-state index contributed by atoms with van der Waals surface area (Å²) in [6.07, 6.45) is 2.02. The zero-order valence-corrected chi connectivity index (χ0v) is 22.5. The Morgan fingerprint density at radius 1 is 1.03 bits per heavy atom. The molecular formula is C29H38F4N2O4. The minimum atomic E-state index is -4.37. The van der Waals surface area contributed by atoms with Crippen LogP contribution < -0.4 is 20.1 Å². The average Bonchev–Trinajstić information content (AvgIpc) is 3.46. The number of nitrogens with one attached hydrogen (secondary N) is 2. The van der Waals surface area contributed by atoms with Crippen LogP contribution in [0.3, 0.4) is 0 Å². The molecule has 4 atom stereocenters. The number of alkyl halides is 3. The Hall–Kier alpha value is -2.52. The lowest BCUT2D eigenvalue weighted by atomic mass is 9.68. The van der Waals surface area contributed by atoms with Crippen LogP contribution in [0.25, 0.3) is 0 Å². The van der Waals surface area contributed by atoms with E-state index in [1.807, 2.05) is 0 Å². The van der Waals surface area contributed by atoms with Crippen LogP contribution in [0.4, 0.5) is 17.6 Å². The molecule has 216 valence electrons. The summed E-state index contributed by atoms with van der Waals surface area (Å²) in [7, 11) is 1.35. The molecule has 6 nitrogen and oxygen atoms in total. The minimum Gasteiger partial charge on any atom is -0.496 e. The van der Waals surface area contributed by atoms with E-state index in [0.29, 0.717) is 12.3 Å². The highest BCUT2D eigenvalue weighted by Crippen LogP contribution is 2.53. The van der Waals surface area contributed by atoms with E-state index >= 15 is 0 Å². The van der Waals surface area contributed by atoms with Gasteiger partial charge in [0, 0.05) is 18.7 Å². The number of fused-ring (bicyclic) bond motifs is 2. The number of halogens is 4. The first-order valence-electron chi connectivity index (χ1n) is 14.2. The molecule has 39 heavy (non-hydrogen) atoms. The first-order chi connectivity index (χ1) is 18.5. The number of hydrogen-bond donors (Lipinski definition) is 2. The smallest absolute Gasteiger partial charge is 0.396 e. The van der Waals surface area contributed by atoms with Crippen molar-refractivity contribution in [3.8, 4) is 11.5 Å². The van der Waals surface area contributed by atoms with Gasteiger partial charge in [0.2, 0.25) is 5.91 Å². The van der Waals surface area contributed by atoms with Gasteiger partial charge in [0.05, 0.1) is 30.1 Å². The van der Waals surface area contributed by atoms with Gasteiger partial charge in [0.1, 0.15) is 5.75 Å². The van der Waals surface area contributed by atoms with Crippen LogP contribution in [0, 0.1) is 34.9 Å². The van der Waals surface area contributed by atoms with Gasteiger partial charge in [0.25, 0.3) is 5.91 Å². The van der Waals surface area contributed by atoms with Gasteiger partial charge in [-0.25, -0.2) is 4.39 Å². The van der Waals surface area contributed by atoms with E-state index in [1.165, 1.54) is 13.2 Å². The average molecular weight is 555 g/mol. The predicted molar refractivity (Wildman–Crippen MR) is 136 cm³/mol. The molecule has 0 radical (unpaired) electrons. The fraction of sp³-hybridized carbons (Fsp3) is 0.724. The highest BCUT2D eigenvalue weighted by molar-refractivity contribution is 5.98. The minimum absolute atomic E-state index is 0.00577. The predicted octanol–water partition coefficient (Wildman–Crippen LogP) is 5.79. The third kappa shape index (κ3) is 5.44. The second-order valence-electron chi connectivity index (χ2n) is 12.2. The summed E-state index contributed by atoms with van der Waals surface area (Å²) < 4.78 is 66.9. The van der Waals surface area contributed by atoms with E-state index in [1.54, 1.807) is 0 Å². The molecule has 0 heterocycles. The molecule has 4 fully saturated rings. The molecule has 1 aromatic carbocycles. The fourth-order valence-corrected chi connectivity index (χ4v) is 7.14. The highest BCUT2D eigenvalue weighted by atomic mass is 19.4. The van der Waals surface area contributed by atoms with Crippen molar-refractivity contribution in [2.45, 2.75) is 89.5 Å². The molecule has 0 spiro atoms. The van der Waals surface area contributed by atoms with E-state index in [0.717, 1.165) is 51.0 Å². The maximum atomic E-state index is 14.8. The van der Waals surface area contributed by atoms with Crippen molar-refractivity contribution in [1.82, 2.24) is 10.6 Å². The van der Waals surface area contributed by atoms with E-state index in [-0.39, 0.29) is 47.8 Å². The number of benzene rings is 1. The summed E-state index contributed by atoms with van der Waals surface area (Å²) in [5.74, 6) is -1.48. The van der Waals surface area contributed by atoms with E-state index < -0.39 is 47.7 Å². The van der Waals surface area contributed by atoms with Crippen LogP contribution in [0.1, 0.15) is 81.5 Å². The van der Waals surface area contributed by atoms with Crippen molar-refractivity contribution in [1.29, 1.82) is 0 Å².